The summed E-state index contributed by atoms with van der Waals surface area (Å²) in [7, 11) is 3.74. The molecule has 11 heavy (non-hydrogen) atoms. The molecular formula is C7H14FNO2. The molecule has 66 valence electrons. The Bertz CT molecular complexity index is 128. The first-order valence-electron chi connectivity index (χ1n) is 3.55. The lowest BCUT2D eigenvalue weighted by Crippen LogP contribution is -2.18. The van der Waals surface area contributed by atoms with E-state index in [0.717, 1.165) is 6.54 Å². The van der Waals surface area contributed by atoms with Gasteiger partial charge in [-0.25, -0.2) is 9.18 Å². The van der Waals surface area contributed by atoms with Gasteiger partial charge in [0, 0.05) is 0 Å². The zero-order valence-corrected chi connectivity index (χ0v) is 6.88. The molecule has 0 aliphatic rings. The first kappa shape index (κ1) is 10.4. The molecular weight excluding hydrogens is 149 g/mol. The molecule has 1 unspecified atom stereocenters. The molecule has 4 heteroatoms. The van der Waals surface area contributed by atoms with Crippen LogP contribution in [0.3, 0.4) is 0 Å². The van der Waals surface area contributed by atoms with Crippen LogP contribution in [0.5, 0.6) is 0 Å². The fourth-order valence-corrected chi connectivity index (χ4v) is 0.710. The highest BCUT2D eigenvalue weighted by Gasteiger charge is 2.14. The van der Waals surface area contributed by atoms with Crippen molar-refractivity contribution < 1.29 is 14.3 Å². The van der Waals surface area contributed by atoms with Gasteiger partial charge in [0.05, 0.1) is 0 Å². The van der Waals surface area contributed by atoms with Crippen molar-refractivity contribution in [3.8, 4) is 0 Å². The summed E-state index contributed by atoms with van der Waals surface area (Å²) in [5.41, 5.74) is 0. The molecule has 0 radical (unpaired) electrons. The zero-order valence-electron chi connectivity index (χ0n) is 6.88. The molecule has 0 rings (SSSR count). The number of alkyl halides is 1. The number of hydrogen-bond acceptors (Lipinski definition) is 2. The predicted octanol–water partition coefficient (Wildman–Crippen LogP) is 0.751. The molecule has 0 amide bonds. The summed E-state index contributed by atoms with van der Waals surface area (Å²) in [6.07, 6.45) is -1.01. The van der Waals surface area contributed by atoms with Gasteiger partial charge in [-0.1, -0.05) is 0 Å². The third kappa shape index (κ3) is 5.79. The second-order valence-electron chi connectivity index (χ2n) is 2.75. The number of halogens is 1. The highest BCUT2D eigenvalue weighted by Crippen LogP contribution is 2.01. The average Bonchev–Trinajstić information content (AvgIpc) is 1.86. The van der Waals surface area contributed by atoms with Crippen LogP contribution in [0.2, 0.25) is 0 Å². The number of nitrogens with zero attached hydrogens (tertiary/aromatic N) is 1. The van der Waals surface area contributed by atoms with Gasteiger partial charge in [-0.2, -0.15) is 0 Å². The van der Waals surface area contributed by atoms with Crippen molar-refractivity contribution in [2.45, 2.75) is 19.0 Å². The summed E-state index contributed by atoms with van der Waals surface area (Å²) >= 11 is 0. The minimum absolute atomic E-state index is 0.105. The minimum Gasteiger partial charge on any atom is -0.479 e. The van der Waals surface area contributed by atoms with E-state index in [2.05, 4.69) is 0 Å². The standard InChI is InChI=1S/C7H14FNO2/c1-9(2)5-3-4-6(8)7(10)11/h6H,3-5H2,1-2H3,(H,10,11). The van der Waals surface area contributed by atoms with E-state index in [1.807, 2.05) is 19.0 Å². The third-order valence-electron chi connectivity index (χ3n) is 1.33. The molecule has 3 nitrogen and oxygen atoms in total. The van der Waals surface area contributed by atoms with Crippen LogP contribution in [0, 0.1) is 0 Å². The summed E-state index contributed by atoms with van der Waals surface area (Å²) in [4.78, 5) is 11.9. The molecule has 1 N–H and O–H groups in total. The average molecular weight is 163 g/mol. The Balaban J connectivity index is 3.31. The Kier molecular flexibility index (Phi) is 4.77. The summed E-state index contributed by atoms with van der Waals surface area (Å²) in [6.45, 7) is 0.730. The minimum atomic E-state index is -1.70. The molecule has 0 aliphatic heterocycles. The topological polar surface area (TPSA) is 40.5 Å². The summed E-state index contributed by atoms with van der Waals surface area (Å²) in [5, 5.41) is 8.16. The van der Waals surface area contributed by atoms with E-state index in [1.54, 1.807) is 0 Å². The largest absolute Gasteiger partial charge is 0.479 e. The van der Waals surface area contributed by atoms with Crippen molar-refractivity contribution in [2.75, 3.05) is 20.6 Å². The van der Waals surface area contributed by atoms with Gasteiger partial charge in [-0.15, -0.1) is 0 Å². The summed E-state index contributed by atoms with van der Waals surface area (Å²) < 4.78 is 12.4. The van der Waals surface area contributed by atoms with E-state index in [-0.39, 0.29) is 6.42 Å². The Hall–Kier alpha value is -0.640. The lowest BCUT2D eigenvalue weighted by Gasteiger charge is -2.08. The lowest BCUT2D eigenvalue weighted by atomic mass is 10.2. The van der Waals surface area contributed by atoms with Gasteiger partial charge >= 0.3 is 5.97 Å². The molecule has 0 aromatic carbocycles. The fraction of sp³-hybridized carbons (Fsp3) is 0.857. The number of aliphatic carboxylic acids is 1. The normalized spacial score (nSPS) is 13.5. The van der Waals surface area contributed by atoms with Crippen LogP contribution < -0.4 is 0 Å². The maximum Gasteiger partial charge on any atom is 0.338 e. The predicted molar refractivity (Wildman–Crippen MR) is 40.3 cm³/mol. The van der Waals surface area contributed by atoms with E-state index in [4.69, 9.17) is 5.11 Å². The maximum atomic E-state index is 12.4. The molecule has 0 saturated heterocycles. The van der Waals surface area contributed by atoms with Crippen molar-refractivity contribution in [1.82, 2.24) is 4.90 Å². The van der Waals surface area contributed by atoms with E-state index in [9.17, 15) is 9.18 Å². The van der Waals surface area contributed by atoms with Crippen LogP contribution in [0.25, 0.3) is 0 Å². The maximum absolute atomic E-state index is 12.4. The zero-order chi connectivity index (χ0) is 8.85. The lowest BCUT2D eigenvalue weighted by molar-refractivity contribution is -0.143. The number of hydrogen-bond donors (Lipinski definition) is 1. The fourth-order valence-electron chi connectivity index (χ4n) is 0.710. The molecule has 0 aliphatic carbocycles. The number of carboxylic acid groups (broad SMARTS) is 1. The van der Waals surface area contributed by atoms with E-state index < -0.39 is 12.1 Å². The van der Waals surface area contributed by atoms with Crippen molar-refractivity contribution in [3.63, 3.8) is 0 Å². The van der Waals surface area contributed by atoms with Crippen molar-refractivity contribution in [3.05, 3.63) is 0 Å². The van der Waals surface area contributed by atoms with Crippen LogP contribution in [-0.2, 0) is 4.79 Å². The van der Waals surface area contributed by atoms with Crippen molar-refractivity contribution in [1.29, 1.82) is 0 Å². The van der Waals surface area contributed by atoms with Gasteiger partial charge in [0.2, 0.25) is 0 Å². The Morgan fingerprint density at radius 2 is 2.18 bits per heavy atom. The molecule has 0 spiro atoms. The van der Waals surface area contributed by atoms with Crippen LogP contribution in [0.4, 0.5) is 4.39 Å². The van der Waals surface area contributed by atoms with Crippen LogP contribution >= 0.6 is 0 Å². The monoisotopic (exact) mass is 163 g/mol. The number of carbonyl (C=O) groups is 1. The molecule has 0 bridgehead atoms. The van der Waals surface area contributed by atoms with Crippen LogP contribution in [0.15, 0.2) is 0 Å². The second-order valence-corrected chi connectivity index (χ2v) is 2.75. The van der Waals surface area contributed by atoms with Crippen molar-refractivity contribution >= 4 is 5.97 Å². The molecule has 0 saturated carbocycles. The van der Waals surface area contributed by atoms with Gasteiger partial charge in [0.1, 0.15) is 0 Å². The van der Waals surface area contributed by atoms with Gasteiger partial charge < -0.3 is 10.0 Å². The van der Waals surface area contributed by atoms with Gasteiger partial charge in [0.25, 0.3) is 0 Å². The first-order valence-corrected chi connectivity index (χ1v) is 3.55. The van der Waals surface area contributed by atoms with Gasteiger partial charge in [-0.3, -0.25) is 0 Å². The quantitative estimate of drug-likeness (QED) is 0.650. The number of rotatable bonds is 5. The van der Waals surface area contributed by atoms with Gasteiger partial charge in [0.15, 0.2) is 6.17 Å². The highest BCUT2D eigenvalue weighted by atomic mass is 19.1. The van der Waals surface area contributed by atoms with Gasteiger partial charge in [-0.05, 0) is 33.5 Å². The van der Waals surface area contributed by atoms with Crippen molar-refractivity contribution in [2.24, 2.45) is 0 Å². The molecule has 0 aromatic heterocycles. The van der Waals surface area contributed by atoms with Crippen LogP contribution in [-0.4, -0.2) is 42.8 Å². The third-order valence-corrected chi connectivity index (χ3v) is 1.33. The smallest absolute Gasteiger partial charge is 0.338 e. The summed E-state index contributed by atoms with van der Waals surface area (Å²) in [5.74, 6) is -1.36. The highest BCUT2D eigenvalue weighted by molar-refractivity contribution is 5.71. The SMILES string of the molecule is CN(C)CCCC(F)C(=O)O. The number of carboxylic acids is 1. The summed E-state index contributed by atoms with van der Waals surface area (Å²) in [6, 6.07) is 0. The molecule has 0 aromatic rings. The molecule has 0 heterocycles. The second kappa shape index (κ2) is 5.07. The van der Waals surface area contributed by atoms with Crippen LogP contribution in [0.1, 0.15) is 12.8 Å². The Morgan fingerprint density at radius 1 is 1.64 bits per heavy atom. The first-order chi connectivity index (χ1) is 5.04. The van der Waals surface area contributed by atoms with E-state index in [0.29, 0.717) is 6.42 Å². The molecule has 1 atom stereocenters. The Morgan fingerprint density at radius 3 is 2.55 bits per heavy atom. The van der Waals surface area contributed by atoms with E-state index >= 15 is 0 Å². The molecule has 0 fully saturated rings. The Labute approximate surface area is 65.8 Å². The van der Waals surface area contributed by atoms with E-state index in [1.165, 1.54) is 0 Å².